The maximum Gasteiger partial charge on any atom is 0.137 e. The molecule has 0 atom stereocenters. The van der Waals surface area contributed by atoms with Crippen molar-refractivity contribution in [3.05, 3.63) is 30.0 Å². The van der Waals surface area contributed by atoms with Crippen LogP contribution in [0.5, 0.6) is 11.5 Å². The summed E-state index contributed by atoms with van der Waals surface area (Å²) in [5, 5.41) is 10.4. The van der Waals surface area contributed by atoms with Crippen LogP contribution in [-0.4, -0.2) is 17.2 Å². The Morgan fingerprint density at radius 2 is 2.07 bits per heavy atom. The van der Waals surface area contributed by atoms with Crippen LogP contribution in [0.2, 0.25) is 0 Å². The zero-order chi connectivity index (χ0) is 10.1. The zero-order valence-corrected chi connectivity index (χ0v) is 8.11. The van der Waals surface area contributed by atoms with Crippen LogP contribution in [0, 0.1) is 6.92 Å². The molecule has 1 aromatic heterocycles. The van der Waals surface area contributed by atoms with E-state index in [2.05, 4.69) is 4.98 Å². The number of aromatic nitrogens is 1. The van der Waals surface area contributed by atoms with Gasteiger partial charge in [0.25, 0.3) is 0 Å². The van der Waals surface area contributed by atoms with Crippen LogP contribution in [0.25, 0.3) is 10.9 Å². The maximum absolute atomic E-state index is 9.45. The fourth-order valence-corrected chi connectivity index (χ4v) is 1.36. The van der Waals surface area contributed by atoms with Crippen molar-refractivity contribution in [2.75, 3.05) is 7.11 Å². The fourth-order valence-electron chi connectivity index (χ4n) is 1.36. The Hall–Kier alpha value is -1.77. The highest BCUT2D eigenvalue weighted by Crippen LogP contribution is 2.24. The van der Waals surface area contributed by atoms with Gasteiger partial charge < -0.3 is 9.84 Å². The van der Waals surface area contributed by atoms with Crippen molar-refractivity contribution in [3.8, 4) is 11.5 Å². The van der Waals surface area contributed by atoms with Crippen LogP contribution < -0.4 is 4.74 Å². The molecule has 2 rings (SSSR count). The highest BCUT2D eigenvalue weighted by molar-refractivity contribution is 5.81. The second kappa shape index (κ2) is 3.18. The van der Waals surface area contributed by atoms with E-state index >= 15 is 0 Å². The molecule has 3 nitrogen and oxygen atoms in total. The molecule has 0 amide bonds. The minimum Gasteiger partial charge on any atom is -0.506 e. The summed E-state index contributed by atoms with van der Waals surface area (Å²) in [6.07, 6.45) is 0. The van der Waals surface area contributed by atoms with Crippen LogP contribution in [0.4, 0.5) is 0 Å². The predicted molar refractivity (Wildman–Crippen MR) is 54.7 cm³/mol. The number of hydrogen-bond donors (Lipinski definition) is 1. The molecular formula is C11H11NO2. The molecule has 0 radical (unpaired) electrons. The molecule has 0 fully saturated rings. The number of benzene rings is 1. The van der Waals surface area contributed by atoms with Crippen molar-refractivity contribution in [2.24, 2.45) is 0 Å². The average Bonchev–Trinajstić information content (AvgIpc) is 2.19. The number of aryl methyl sites for hydroxylation is 1. The Bertz CT molecular complexity index is 480. The molecule has 3 heteroatoms. The lowest BCUT2D eigenvalue weighted by molar-refractivity contribution is 0.415. The van der Waals surface area contributed by atoms with Gasteiger partial charge in [0, 0.05) is 11.5 Å². The Labute approximate surface area is 82.0 Å². The molecule has 0 spiro atoms. The number of nitrogens with zero attached hydrogens (tertiary/aromatic N) is 1. The number of rotatable bonds is 1. The van der Waals surface area contributed by atoms with Gasteiger partial charge in [-0.2, -0.15) is 0 Å². The first-order chi connectivity index (χ1) is 6.70. The first-order valence-electron chi connectivity index (χ1n) is 4.35. The van der Waals surface area contributed by atoms with E-state index in [0.717, 1.165) is 16.7 Å². The predicted octanol–water partition coefficient (Wildman–Crippen LogP) is 2.26. The van der Waals surface area contributed by atoms with E-state index in [1.54, 1.807) is 20.1 Å². The number of pyridine rings is 1. The van der Waals surface area contributed by atoms with Gasteiger partial charge in [0.2, 0.25) is 0 Å². The van der Waals surface area contributed by atoms with E-state index in [4.69, 9.17) is 4.74 Å². The van der Waals surface area contributed by atoms with Crippen molar-refractivity contribution >= 4 is 10.9 Å². The van der Waals surface area contributed by atoms with Crippen LogP contribution in [0.1, 0.15) is 5.69 Å². The normalized spacial score (nSPS) is 10.4. The third kappa shape index (κ3) is 1.37. The van der Waals surface area contributed by atoms with Gasteiger partial charge in [0.05, 0.1) is 18.3 Å². The second-order valence-corrected chi connectivity index (χ2v) is 3.15. The molecule has 0 aliphatic carbocycles. The topological polar surface area (TPSA) is 42.4 Å². The summed E-state index contributed by atoms with van der Waals surface area (Å²) in [6.45, 7) is 1.77. The molecule has 1 N–H and O–H groups in total. The van der Waals surface area contributed by atoms with Gasteiger partial charge in [-0.05, 0) is 25.1 Å². The number of aromatic hydroxyl groups is 1. The number of methoxy groups -OCH3 is 1. The van der Waals surface area contributed by atoms with Gasteiger partial charge in [0.15, 0.2) is 0 Å². The standard InChI is InChI=1S/C11H11NO2/c1-7-11(13)5-8-3-4-9(14-2)6-10(8)12-7/h3-6,13H,1-2H3. The first kappa shape index (κ1) is 8.81. The van der Waals surface area contributed by atoms with Crippen molar-refractivity contribution in [3.63, 3.8) is 0 Å². The molecule has 14 heavy (non-hydrogen) atoms. The molecule has 72 valence electrons. The second-order valence-electron chi connectivity index (χ2n) is 3.15. The minimum absolute atomic E-state index is 0.225. The van der Waals surface area contributed by atoms with Gasteiger partial charge in [-0.15, -0.1) is 0 Å². The summed E-state index contributed by atoms with van der Waals surface area (Å²) in [5.41, 5.74) is 1.46. The molecule has 0 aliphatic heterocycles. The highest BCUT2D eigenvalue weighted by Gasteiger charge is 2.02. The monoisotopic (exact) mass is 189 g/mol. The average molecular weight is 189 g/mol. The van der Waals surface area contributed by atoms with Gasteiger partial charge in [0.1, 0.15) is 11.5 Å². The smallest absolute Gasteiger partial charge is 0.137 e. The molecule has 0 bridgehead atoms. The van der Waals surface area contributed by atoms with E-state index in [9.17, 15) is 5.11 Å². The summed E-state index contributed by atoms with van der Waals surface area (Å²) in [5.74, 6) is 0.998. The van der Waals surface area contributed by atoms with Gasteiger partial charge in [-0.25, -0.2) is 4.98 Å². The molecule has 2 aromatic rings. The van der Waals surface area contributed by atoms with Crippen molar-refractivity contribution < 1.29 is 9.84 Å². The van der Waals surface area contributed by atoms with E-state index in [0.29, 0.717) is 5.69 Å². The number of fused-ring (bicyclic) bond motifs is 1. The Morgan fingerprint density at radius 3 is 2.79 bits per heavy atom. The van der Waals surface area contributed by atoms with Crippen molar-refractivity contribution in [1.29, 1.82) is 0 Å². The lowest BCUT2D eigenvalue weighted by Gasteiger charge is -2.04. The summed E-state index contributed by atoms with van der Waals surface area (Å²) in [4.78, 5) is 4.25. The van der Waals surface area contributed by atoms with Gasteiger partial charge in [-0.3, -0.25) is 0 Å². The van der Waals surface area contributed by atoms with Crippen molar-refractivity contribution in [1.82, 2.24) is 4.98 Å². The van der Waals surface area contributed by atoms with Crippen LogP contribution in [0.15, 0.2) is 24.3 Å². The molecule has 0 unspecified atom stereocenters. The molecule has 0 saturated heterocycles. The van der Waals surface area contributed by atoms with E-state index in [-0.39, 0.29) is 5.75 Å². The van der Waals surface area contributed by atoms with Crippen LogP contribution in [-0.2, 0) is 0 Å². The first-order valence-corrected chi connectivity index (χ1v) is 4.35. The Balaban J connectivity index is 2.70. The van der Waals surface area contributed by atoms with Crippen LogP contribution in [0.3, 0.4) is 0 Å². The van der Waals surface area contributed by atoms with Gasteiger partial charge >= 0.3 is 0 Å². The van der Waals surface area contributed by atoms with E-state index in [1.165, 1.54) is 0 Å². The Kier molecular flexibility index (Phi) is 2.00. The molecule has 0 aliphatic rings. The minimum atomic E-state index is 0.225. The quantitative estimate of drug-likeness (QED) is 0.748. The number of hydrogen-bond acceptors (Lipinski definition) is 3. The molecular weight excluding hydrogens is 178 g/mol. The summed E-state index contributed by atoms with van der Waals surface area (Å²) >= 11 is 0. The lowest BCUT2D eigenvalue weighted by atomic mass is 10.2. The summed E-state index contributed by atoms with van der Waals surface area (Å²) in [7, 11) is 1.62. The SMILES string of the molecule is COc1ccc2cc(O)c(C)nc2c1. The fraction of sp³-hybridized carbons (Fsp3) is 0.182. The van der Waals surface area contributed by atoms with Gasteiger partial charge in [-0.1, -0.05) is 0 Å². The van der Waals surface area contributed by atoms with E-state index < -0.39 is 0 Å². The van der Waals surface area contributed by atoms with Crippen LogP contribution >= 0.6 is 0 Å². The Morgan fingerprint density at radius 1 is 1.29 bits per heavy atom. The molecule has 0 saturated carbocycles. The maximum atomic E-state index is 9.45. The summed E-state index contributed by atoms with van der Waals surface area (Å²) < 4.78 is 5.09. The summed E-state index contributed by atoms with van der Waals surface area (Å²) in [6, 6.07) is 7.28. The lowest BCUT2D eigenvalue weighted by Crippen LogP contribution is -1.87. The highest BCUT2D eigenvalue weighted by atomic mass is 16.5. The molecule has 1 heterocycles. The number of ether oxygens (including phenoxy) is 1. The largest absolute Gasteiger partial charge is 0.506 e. The third-order valence-electron chi connectivity index (χ3n) is 2.19. The van der Waals surface area contributed by atoms with E-state index in [1.807, 2.05) is 18.2 Å². The van der Waals surface area contributed by atoms with Crippen molar-refractivity contribution in [2.45, 2.75) is 6.92 Å². The third-order valence-corrected chi connectivity index (χ3v) is 2.19. The molecule has 1 aromatic carbocycles. The zero-order valence-electron chi connectivity index (χ0n) is 8.11.